The van der Waals surface area contributed by atoms with Crippen LogP contribution in [-0.2, 0) is 13.1 Å². The van der Waals surface area contributed by atoms with Crippen molar-refractivity contribution in [2.75, 3.05) is 11.5 Å². The molecule has 10 heteroatoms. The van der Waals surface area contributed by atoms with Crippen molar-refractivity contribution in [2.45, 2.75) is 51.1 Å². The fourth-order valence-electron chi connectivity index (χ4n) is 1.90. The maximum absolute atomic E-state index is 4.06. The van der Waals surface area contributed by atoms with Crippen molar-refractivity contribution in [1.82, 2.24) is 40.4 Å². The lowest BCUT2D eigenvalue weighted by Gasteiger charge is -2.05. The summed E-state index contributed by atoms with van der Waals surface area (Å²) in [7, 11) is 0. The Morgan fingerprint density at radius 2 is 1.21 bits per heavy atom. The molecule has 0 amide bonds. The van der Waals surface area contributed by atoms with Gasteiger partial charge in [0.25, 0.3) is 0 Å². The Balaban J connectivity index is 1.72. The summed E-state index contributed by atoms with van der Waals surface area (Å²) in [4.78, 5) is 0. The molecule has 0 bridgehead atoms. The Labute approximate surface area is 150 Å². The monoisotopic (exact) mass is 368 g/mol. The van der Waals surface area contributed by atoms with Gasteiger partial charge in [-0.2, -0.15) is 0 Å². The van der Waals surface area contributed by atoms with Gasteiger partial charge in [-0.3, -0.25) is 0 Å². The molecule has 2 rings (SSSR count). The zero-order valence-electron chi connectivity index (χ0n) is 14.5. The predicted octanol–water partition coefficient (Wildman–Crippen LogP) is 2.41. The zero-order valence-corrected chi connectivity index (χ0v) is 16.2. The minimum atomic E-state index is 0.525. The van der Waals surface area contributed by atoms with Gasteiger partial charge in [0.05, 0.1) is 0 Å². The molecule has 0 saturated carbocycles. The summed E-state index contributed by atoms with van der Waals surface area (Å²) in [6.07, 6.45) is 4.26. The third kappa shape index (κ3) is 6.23. The van der Waals surface area contributed by atoms with Crippen LogP contribution in [0.3, 0.4) is 0 Å². The normalized spacial score (nSPS) is 12.1. The fraction of sp³-hybridized carbons (Fsp3) is 0.714. The van der Waals surface area contributed by atoms with Gasteiger partial charge in [0.1, 0.15) is 0 Å². The molecule has 8 nitrogen and oxygen atoms in total. The number of tetrazole rings is 2. The van der Waals surface area contributed by atoms with E-state index >= 15 is 0 Å². The van der Waals surface area contributed by atoms with E-state index in [0.29, 0.717) is 11.8 Å². The van der Waals surface area contributed by atoms with Crippen molar-refractivity contribution in [1.29, 1.82) is 0 Å². The summed E-state index contributed by atoms with van der Waals surface area (Å²) in [6.45, 7) is 10.3. The van der Waals surface area contributed by atoms with Crippen molar-refractivity contribution >= 4 is 23.5 Å². The number of hydrogen-bond acceptors (Lipinski definition) is 8. The molecule has 132 valence electrons. The molecule has 0 N–H and O–H groups in total. The smallest absolute Gasteiger partial charge is 0.209 e. The first-order chi connectivity index (χ1) is 11.6. The number of nitrogens with zero attached hydrogens (tertiary/aromatic N) is 8. The van der Waals surface area contributed by atoms with E-state index in [9.17, 15) is 0 Å². The first kappa shape index (κ1) is 18.9. The number of rotatable bonds is 10. The molecule has 0 aliphatic carbocycles. The Kier molecular flexibility index (Phi) is 7.70. The van der Waals surface area contributed by atoms with Crippen LogP contribution in [0.15, 0.2) is 22.5 Å². The van der Waals surface area contributed by atoms with Gasteiger partial charge in [-0.15, -0.1) is 10.2 Å². The molecule has 2 aromatic rings. The molecule has 0 aliphatic heterocycles. The van der Waals surface area contributed by atoms with Gasteiger partial charge in [0.15, 0.2) is 0 Å². The van der Waals surface area contributed by atoms with Crippen molar-refractivity contribution in [3.63, 3.8) is 0 Å². The maximum atomic E-state index is 4.06. The van der Waals surface area contributed by atoms with E-state index in [0.717, 1.165) is 34.9 Å². The molecule has 0 fully saturated rings. The molecule has 0 spiro atoms. The van der Waals surface area contributed by atoms with E-state index in [-0.39, 0.29) is 0 Å². The molecular weight excluding hydrogens is 344 g/mol. The minimum absolute atomic E-state index is 0.525. The second-order valence-corrected chi connectivity index (χ2v) is 8.14. The number of thioether (sulfide) groups is 2. The summed E-state index contributed by atoms with van der Waals surface area (Å²) >= 11 is 3.28. The highest BCUT2D eigenvalue weighted by molar-refractivity contribution is 7.99. The molecule has 0 radical (unpaired) electrons. The molecule has 2 heterocycles. The second-order valence-electron chi connectivity index (χ2n) is 6.17. The molecule has 0 saturated heterocycles. The van der Waals surface area contributed by atoms with Crippen LogP contribution in [-0.4, -0.2) is 51.9 Å². The van der Waals surface area contributed by atoms with Crippen molar-refractivity contribution in [3.05, 3.63) is 12.2 Å². The van der Waals surface area contributed by atoms with Gasteiger partial charge < -0.3 is 0 Å². The predicted molar refractivity (Wildman–Crippen MR) is 95.9 cm³/mol. The lowest BCUT2D eigenvalue weighted by atomic mass is 10.2. The third-order valence-electron chi connectivity index (χ3n) is 2.86. The largest absolute Gasteiger partial charge is 0.220 e. The SMILES string of the molecule is CC(C)Cn1nnnc1SC/C=C/CSc1nnnn1CC(C)C. The van der Waals surface area contributed by atoms with Crippen LogP contribution in [0, 0.1) is 11.8 Å². The zero-order chi connectivity index (χ0) is 17.4. The summed E-state index contributed by atoms with van der Waals surface area (Å²) in [5.74, 6) is 2.74. The van der Waals surface area contributed by atoms with Crippen LogP contribution in [0.1, 0.15) is 27.7 Å². The quantitative estimate of drug-likeness (QED) is 0.467. The fourth-order valence-corrected chi connectivity index (χ4v) is 3.37. The van der Waals surface area contributed by atoms with E-state index in [1.165, 1.54) is 0 Å². The summed E-state index contributed by atoms with van der Waals surface area (Å²) < 4.78 is 3.72. The van der Waals surface area contributed by atoms with Crippen molar-refractivity contribution in [2.24, 2.45) is 11.8 Å². The topological polar surface area (TPSA) is 87.2 Å². The Morgan fingerprint density at radius 3 is 1.58 bits per heavy atom. The van der Waals surface area contributed by atoms with Crippen LogP contribution in [0.5, 0.6) is 0 Å². The van der Waals surface area contributed by atoms with E-state index in [1.807, 2.05) is 9.36 Å². The Hall–Kier alpha value is -1.42. The van der Waals surface area contributed by atoms with Gasteiger partial charge in [-0.25, -0.2) is 9.36 Å². The standard InChI is InChI=1S/C14H24N8S2/c1-11(2)9-21-13(15-17-19-21)23-7-5-6-8-24-14-16-18-20-22(14)10-12(3)4/h5-6,11-12H,7-10H2,1-4H3/b6-5+. The molecule has 0 aromatic carbocycles. The Bertz CT molecular complexity index is 580. The minimum Gasteiger partial charge on any atom is -0.220 e. The van der Waals surface area contributed by atoms with E-state index < -0.39 is 0 Å². The average Bonchev–Trinajstić information content (AvgIpc) is 3.11. The highest BCUT2D eigenvalue weighted by Gasteiger charge is 2.08. The van der Waals surface area contributed by atoms with Crippen LogP contribution in [0.25, 0.3) is 0 Å². The van der Waals surface area contributed by atoms with Gasteiger partial charge in [-0.1, -0.05) is 63.4 Å². The third-order valence-corrected chi connectivity index (χ3v) is 4.68. The summed E-state index contributed by atoms with van der Waals surface area (Å²) in [5, 5.41) is 25.4. The van der Waals surface area contributed by atoms with Crippen LogP contribution in [0.2, 0.25) is 0 Å². The lowest BCUT2D eigenvalue weighted by molar-refractivity contribution is 0.446. The highest BCUT2D eigenvalue weighted by Crippen LogP contribution is 2.17. The van der Waals surface area contributed by atoms with Gasteiger partial charge >= 0.3 is 0 Å². The summed E-state index contributed by atoms with van der Waals surface area (Å²) in [5.41, 5.74) is 0. The van der Waals surface area contributed by atoms with Crippen molar-refractivity contribution in [3.8, 4) is 0 Å². The maximum Gasteiger partial charge on any atom is 0.209 e. The molecule has 24 heavy (non-hydrogen) atoms. The van der Waals surface area contributed by atoms with Crippen LogP contribution < -0.4 is 0 Å². The molecule has 2 aromatic heterocycles. The number of aromatic nitrogens is 8. The highest BCUT2D eigenvalue weighted by atomic mass is 32.2. The van der Waals surface area contributed by atoms with E-state index in [1.54, 1.807) is 23.5 Å². The molecular formula is C14H24N8S2. The van der Waals surface area contributed by atoms with E-state index in [4.69, 9.17) is 0 Å². The second kappa shape index (κ2) is 9.77. The first-order valence-electron chi connectivity index (χ1n) is 7.99. The Morgan fingerprint density at radius 1 is 0.792 bits per heavy atom. The van der Waals surface area contributed by atoms with Gasteiger partial charge in [-0.05, 0) is 32.7 Å². The lowest BCUT2D eigenvalue weighted by Crippen LogP contribution is -2.07. The van der Waals surface area contributed by atoms with Crippen molar-refractivity contribution < 1.29 is 0 Å². The first-order valence-corrected chi connectivity index (χ1v) is 9.96. The number of hydrogen-bond donors (Lipinski definition) is 0. The van der Waals surface area contributed by atoms with Gasteiger partial charge in [0, 0.05) is 24.6 Å². The van der Waals surface area contributed by atoms with Gasteiger partial charge in [0.2, 0.25) is 10.3 Å². The van der Waals surface area contributed by atoms with E-state index in [2.05, 4.69) is 70.9 Å². The van der Waals surface area contributed by atoms with Crippen LogP contribution >= 0.6 is 23.5 Å². The molecule has 0 atom stereocenters. The average molecular weight is 369 g/mol. The molecule has 0 unspecified atom stereocenters. The summed E-state index contributed by atoms with van der Waals surface area (Å²) in [6, 6.07) is 0. The van der Waals surface area contributed by atoms with Crippen LogP contribution in [0.4, 0.5) is 0 Å². The molecule has 0 aliphatic rings.